The molecule has 0 heterocycles. The Morgan fingerprint density at radius 2 is 1.79 bits per heavy atom. The summed E-state index contributed by atoms with van der Waals surface area (Å²) in [4.78, 5) is 0. The van der Waals surface area contributed by atoms with E-state index in [1.54, 1.807) is 7.11 Å². The summed E-state index contributed by atoms with van der Waals surface area (Å²) < 4.78 is 16.1. The van der Waals surface area contributed by atoms with Crippen LogP contribution in [0.4, 0.5) is 0 Å². The first-order valence-electron chi connectivity index (χ1n) is 6.74. The van der Waals surface area contributed by atoms with Crippen LogP contribution in [0.5, 0.6) is 0 Å². The van der Waals surface area contributed by atoms with Crippen LogP contribution in [0.3, 0.4) is 0 Å². The summed E-state index contributed by atoms with van der Waals surface area (Å²) >= 11 is 0. The molecule has 2 unspecified atom stereocenters. The molecule has 0 fully saturated rings. The van der Waals surface area contributed by atoms with Crippen LogP contribution < -0.4 is 5.73 Å². The Bertz CT molecular complexity index is 316. The second kappa shape index (κ2) is 9.92. The van der Waals surface area contributed by atoms with Crippen molar-refractivity contribution in [2.75, 3.05) is 33.5 Å². The Hall–Kier alpha value is -0.940. The Balaban J connectivity index is 2.24. The standard InChI is InChI=1S/C15H25NO3/c1-13(16)15(14-7-4-3-5-8-14)19-10-6-9-18-12-11-17-2/h3-5,7-8,13,15H,6,9-12,16H2,1-2H3. The molecule has 4 nitrogen and oxygen atoms in total. The predicted molar refractivity (Wildman–Crippen MR) is 76.1 cm³/mol. The highest BCUT2D eigenvalue weighted by Crippen LogP contribution is 2.20. The SMILES string of the molecule is COCCOCCCOC(c1ccccc1)C(C)N. The van der Waals surface area contributed by atoms with Gasteiger partial charge in [-0.15, -0.1) is 0 Å². The molecule has 0 aliphatic rings. The Labute approximate surface area is 115 Å². The molecule has 0 saturated heterocycles. The molecule has 1 rings (SSSR count). The average Bonchev–Trinajstić information content (AvgIpc) is 2.42. The molecular formula is C15H25NO3. The molecule has 1 aromatic rings. The first-order valence-corrected chi connectivity index (χ1v) is 6.74. The van der Waals surface area contributed by atoms with Crippen molar-refractivity contribution in [3.8, 4) is 0 Å². The van der Waals surface area contributed by atoms with Gasteiger partial charge in [-0.1, -0.05) is 30.3 Å². The highest BCUT2D eigenvalue weighted by atomic mass is 16.5. The van der Waals surface area contributed by atoms with Crippen molar-refractivity contribution >= 4 is 0 Å². The van der Waals surface area contributed by atoms with Crippen LogP contribution in [-0.4, -0.2) is 39.6 Å². The summed E-state index contributed by atoms with van der Waals surface area (Å²) in [6.07, 6.45) is 0.805. The third kappa shape index (κ3) is 6.68. The maximum atomic E-state index is 5.98. The van der Waals surface area contributed by atoms with E-state index in [2.05, 4.69) is 0 Å². The monoisotopic (exact) mass is 267 g/mol. The average molecular weight is 267 g/mol. The van der Waals surface area contributed by atoms with Gasteiger partial charge in [-0.05, 0) is 18.9 Å². The van der Waals surface area contributed by atoms with E-state index in [-0.39, 0.29) is 12.1 Å². The second-order valence-electron chi connectivity index (χ2n) is 4.52. The summed E-state index contributed by atoms with van der Waals surface area (Å²) in [5.41, 5.74) is 7.10. The molecule has 0 saturated carbocycles. The molecule has 0 amide bonds. The van der Waals surface area contributed by atoms with Gasteiger partial charge in [0.2, 0.25) is 0 Å². The minimum absolute atomic E-state index is 0.0307. The molecule has 1 aromatic carbocycles. The van der Waals surface area contributed by atoms with E-state index in [4.69, 9.17) is 19.9 Å². The topological polar surface area (TPSA) is 53.7 Å². The van der Waals surface area contributed by atoms with Crippen LogP contribution in [-0.2, 0) is 14.2 Å². The molecule has 0 radical (unpaired) electrons. The summed E-state index contributed by atoms with van der Waals surface area (Å²) in [5.74, 6) is 0. The number of hydrogen-bond acceptors (Lipinski definition) is 4. The molecule has 4 heteroatoms. The van der Waals surface area contributed by atoms with E-state index in [9.17, 15) is 0 Å². The molecule has 0 aliphatic heterocycles. The van der Waals surface area contributed by atoms with Crippen molar-refractivity contribution in [2.45, 2.75) is 25.5 Å². The molecule has 0 bridgehead atoms. The fourth-order valence-corrected chi connectivity index (χ4v) is 1.81. The highest BCUT2D eigenvalue weighted by Gasteiger charge is 2.15. The summed E-state index contributed by atoms with van der Waals surface area (Å²) in [5, 5.41) is 0. The summed E-state index contributed by atoms with van der Waals surface area (Å²) in [6.45, 7) is 4.56. The van der Waals surface area contributed by atoms with Gasteiger partial charge in [0.1, 0.15) is 0 Å². The molecular weight excluding hydrogens is 242 g/mol. The number of hydrogen-bond donors (Lipinski definition) is 1. The lowest BCUT2D eigenvalue weighted by molar-refractivity contribution is 0.0143. The lowest BCUT2D eigenvalue weighted by Crippen LogP contribution is -2.27. The number of methoxy groups -OCH3 is 1. The van der Waals surface area contributed by atoms with Gasteiger partial charge in [-0.3, -0.25) is 0 Å². The number of ether oxygens (including phenoxy) is 3. The molecule has 108 valence electrons. The maximum absolute atomic E-state index is 5.98. The zero-order valence-corrected chi connectivity index (χ0v) is 11.9. The van der Waals surface area contributed by atoms with Gasteiger partial charge in [0.25, 0.3) is 0 Å². The van der Waals surface area contributed by atoms with E-state index < -0.39 is 0 Å². The first kappa shape index (κ1) is 16.1. The Kier molecular flexibility index (Phi) is 8.41. The lowest BCUT2D eigenvalue weighted by Gasteiger charge is -2.22. The Morgan fingerprint density at radius 3 is 2.42 bits per heavy atom. The van der Waals surface area contributed by atoms with Gasteiger partial charge >= 0.3 is 0 Å². The number of rotatable bonds is 10. The predicted octanol–water partition coefficient (Wildman–Crippen LogP) is 2.14. The van der Waals surface area contributed by atoms with E-state index in [0.717, 1.165) is 12.0 Å². The van der Waals surface area contributed by atoms with Crippen molar-refractivity contribution in [3.05, 3.63) is 35.9 Å². The highest BCUT2D eigenvalue weighted by molar-refractivity contribution is 5.18. The molecule has 0 spiro atoms. The minimum atomic E-state index is -0.0554. The van der Waals surface area contributed by atoms with Gasteiger partial charge in [0.15, 0.2) is 0 Å². The molecule has 2 N–H and O–H groups in total. The van der Waals surface area contributed by atoms with Crippen LogP contribution in [0.2, 0.25) is 0 Å². The van der Waals surface area contributed by atoms with Gasteiger partial charge < -0.3 is 19.9 Å². The summed E-state index contributed by atoms with van der Waals surface area (Å²) in [6, 6.07) is 10.1. The van der Waals surface area contributed by atoms with Crippen molar-refractivity contribution < 1.29 is 14.2 Å². The van der Waals surface area contributed by atoms with Crippen LogP contribution >= 0.6 is 0 Å². The lowest BCUT2D eigenvalue weighted by atomic mass is 10.0. The van der Waals surface area contributed by atoms with Gasteiger partial charge in [-0.25, -0.2) is 0 Å². The zero-order chi connectivity index (χ0) is 13.9. The quantitative estimate of drug-likeness (QED) is 0.660. The third-order valence-corrected chi connectivity index (χ3v) is 2.77. The third-order valence-electron chi connectivity index (χ3n) is 2.77. The second-order valence-corrected chi connectivity index (χ2v) is 4.52. The number of benzene rings is 1. The molecule has 19 heavy (non-hydrogen) atoms. The van der Waals surface area contributed by atoms with E-state index in [0.29, 0.717) is 26.4 Å². The Morgan fingerprint density at radius 1 is 1.05 bits per heavy atom. The first-order chi connectivity index (χ1) is 9.25. The van der Waals surface area contributed by atoms with Crippen molar-refractivity contribution in [3.63, 3.8) is 0 Å². The minimum Gasteiger partial charge on any atom is -0.382 e. The number of nitrogens with two attached hydrogens (primary N) is 1. The van der Waals surface area contributed by atoms with Crippen LogP contribution in [0.25, 0.3) is 0 Å². The summed E-state index contributed by atoms with van der Waals surface area (Å²) in [7, 11) is 1.67. The maximum Gasteiger partial charge on any atom is 0.0972 e. The van der Waals surface area contributed by atoms with Crippen LogP contribution in [0.15, 0.2) is 30.3 Å². The van der Waals surface area contributed by atoms with Gasteiger partial charge in [0, 0.05) is 26.4 Å². The molecule has 2 atom stereocenters. The van der Waals surface area contributed by atoms with Crippen molar-refractivity contribution in [2.24, 2.45) is 5.73 Å². The van der Waals surface area contributed by atoms with Crippen molar-refractivity contribution in [1.82, 2.24) is 0 Å². The van der Waals surface area contributed by atoms with E-state index in [1.807, 2.05) is 37.3 Å². The van der Waals surface area contributed by atoms with Crippen LogP contribution in [0.1, 0.15) is 25.0 Å². The fraction of sp³-hybridized carbons (Fsp3) is 0.600. The smallest absolute Gasteiger partial charge is 0.0972 e. The normalized spacial score (nSPS) is 14.3. The fourth-order valence-electron chi connectivity index (χ4n) is 1.81. The molecule has 0 aromatic heterocycles. The van der Waals surface area contributed by atoms with E-state index >= 15 is 0 Å². The van der Waals surface area contributed by atoms with E-state index in [1.165, 1.54) is 0 Å². The van der Waals surface area contributed by atoms with Crippen LogP contribution in [0, 0.1) is 0 Å². The molecule has 0 aliphatic carbocycles. The zero-order valence-electron chi connectivity index (χ0n) is 11.9. The largest absolute Gasteiger partial charge is 0.382 e. The van der Waals surface area contributed by atoms with Gasteiger partial charge in [-0.2, -0.15) is 0 Å². The van der Waals surface area contributed by atoms with Gasteiger partial charge in [0.05, 0.1) is 19.3 Å². The van der Waals surface area contributed by atoms with Crippen molar-refractivity contribution in [1.29, 1.82) is 0 Å².